The highest BCUT2D eigenvalue weighted by atomic mass is 32.2. The van der Waals surface area contributed by atoms with Crippen LogP contribution in [0.2, 0.25) is 0 Å². The SMILES string of the molecule is CCNc1cc2c(cc1C)C(c1ccc(S(=O)(=O)O)cc1S(=O)(=O)O)c1cc(C)c(NCC)cc1O2. The molecule has 4 N–H and O–H groups in total. The van der Waals surface area contributed by atoms with Crippen LogP contribution in [0.15, 0.2) is 52.3 Å². The molecule has 0 unspecified atom stereocenters. The number of nitrogens with one attached hydrogen (secondary N) is 2. The van der Waals surface area contributed by atoms with Gasteiger partial charge in [0.2, 0.25) is 0 Å². The van der Waals surface area contributed by atoms with Crippen LogP contribution in [0.1, 0.15) is 47.6 Å². The maximum atomic E-state index is 12.4. The monoisotopic (exact) mass is 532 g/mol. The number of ether oxygens (including phenoxy) is 1. The van der Waals surface area contributed by atoms with Crippen LogP contribution in [-0.2, 0) is 20.2 Å². The first-order valence-corrected chi connectivity index (χ1v) is 14.3. The fourth-order valence-corrected chi connectivity index (χ4v) is 5.91. The van der Waals surface area contributed by atoms with Crippen LogP contribution in [-0.4, -0.2) is 39.0 Å². The molecule has 11 heteroatoms. The Morgan fingerprint density at radius 1 is 0.750 bits per heavy atom. The van der Waals surface area contributed by atoms with Gasteiger partial charge >= 0.3 is 0 Å². The molecule has 9 nitrogen and oxygen atoms in total. The van der Waals surface area contributed by atoms with Crippen LogP contribution < -0.4 is 15.4 Å². The molecule has 0 aliphatic carbocycles. The molecule has 36 heavy (non-hydrogen) atoms. The van der Waals surface area contributed by atoms with Gasteiger partial charge in [0.1, 0.15) is 11.5 Å². The lowest BCUT2D eigenvalue weighted by Crippen LogP contribution is -2.17. The van der Waals surface area contributed by atoms with Crippen molar-refractivity contribution in [3.63, 3.8) is 0 Å². The summed E-state index contributed by atoms with van der Waals surface area (Å²) in [5.41, 5.74) is 4.97. The number of hydrogen-bond donors (Lipinski definition) is 4. The van der Waals surface area contributed by atoms with Crippen molar-refractivity contribution in [2.75, 3.05) is 23.7 Å². The molecule has 0 fully saturated rings. The van der Waals surface area contributed by atoms with Gasteiger partial charge in [0.05, 0.1) is 9.79 Å². The molecule has 0 amide bonds. The summed E-state index contributed by atoms with van der Waals surface area (Å²) in [6, 6.07) is 10.7. The Kier molecular flexibility index (Phi) is 6.78. The summed E-state index contributed by atoms with van der Waals surface area (Å²) in [6.07, 6.45) is 0. The molecule has 1 aliphatic rings. The van der Waals surface area contributed by atoms with Gasteiger partial charge in [-0.1, -0.05) is 6.07 Å². The predicted octanol–water partition coefficient (Wildman–Crippen LogP) is 4.95. The van der Waals surface area contributed by atoms with E-state index in [0.29, 0.717) is 35.7 Å². The van der Waals surface area contributed by atoms with Crippen LogP contribution in [0.25, 0.3) is 0 Å². The Morgan fingerprint density at radius 2 is 1.25 bits per heavy atom. The molecule has 0 atom stereocenters. The van der Waals surface area contributed by atoms with Gasteiger partial charge in [0.25, 0.3) is 20.2 Å². The molecule has 0 aromatic heterocycles. The summed E-state index contributed by atoms with van der Waals surface area (Å²) < 4.78 is 74.2. The van der Waals surface area contributed by atoms with Gasteiger partial charge in [-0.05, 0) is 68.7 Å². The Hall–Kier alpha value is -3.12. The standard InChI is InChI=1S/C25H28N2O7S2/c1-5-26-20-12-22-18(9-14(20)3)25(19-10-15(4)21(27-6-2)13-23(19)34-22)17-8-7-16(35(28,29)30)11-24(17)36(31,32)33/h7-13,25-27H,5-6H2,1-4H3,(H,28,29,30)(H,31,32,33). The second kappa shape index (κ2) is 9.40. The molecule has 0 saturated carbocycles. The summed E-state index contributed by atoms with van der Waals surface area (Å²) in [7, 11) is -9.57. The highest BCUT2D eigenvalue weighted by molar-refractivity contribution is 7.86. The summed E-state index contributed by atoms with van der Waals surface area (Å²) in [6.45, 7) is 9.14. The number of anilines is 2. The zero-order valence-corrected chi connectivity index (χ0v) is 21.9. The molecular formula is C25H28N2O7S2. The van der Waals surface area contributed by atoms with Crippen molar-refractivity contribution in [1.82, 2.24) is 0 Å². The lowest BCUT2D eigenvalue weighted by molar-refractivity contribution is 0.450. The zero-order chi connectivity index (χ0) is 26.4. The van der Waals surface area contributed by atoms with Crippen molar-refractivity contribution in [1.29, 1.82) is 0 Å². The smallest absolute Gasteiger partial charge is 0.294 e. The average molecular weight is 533 g/mol. The zero-order valence-electron chi connectivity index (χ0n) is 20.3. The highest BCUT2D eigenvalue weighted by Gasteiger charge is 2.34. The van der Waals surface area contributed by atoms with Gasteiger partial charge < -0.3 is 15.4 Å². The van der Waals surface area contributed by atoms with E-state index >= 15 is 0 Å². The second-order valence-electron chi connectivity index (χ2n) is 8.66. The molecule has 1 heterocycles. The first kappa shape index (κ1) is 26.0. The normalized spacial score (nSPS) is 13.5. The average Bonchev–Trinajstić information content (AvgIpc) is 2.78. The minimum Gasteiger partial charge on any atom is -0.457 e. The summed E-state index contributed by atoms with van der Waals surface area (Å²) in [5, 5.41) is 6.56. The Balaban J connectivity index is 2.06. The molecule has 0 radical (unpaired) electrons. The first-order valence-electron chi connectivity index (χ1n) is 11.4. The van der Waals surface area contributed by atoms with E-state index < -0.39 is 35.9 Å². The van der Waals surface area contributed by atoms with Gasteiger partial charge in [-0.3, -0.25) is 9.11 Å². The van der Waals surface area contributed by atoms with Crippen LogP contribution in [0.3, 0.4) is 0 Å². The third-order valence-electron chi connectivity index (χ3n) is 6.16. The van der Waals surface area contributed by atoms with Crippen molar-refractivity contribution >= 4 is 31.6 Å². The number of fused-ring (bicyclic) bond motifs is 2. The molecule has 1 aliphatic heterocycles. The van der Waals surface area contributed by atoms with Crippen molar-refractivity contribution in [2.24, 2.45) is 0 Å². The van der Waals surface area contributed by atoms with Gasteiger partial charge in [0.15, 0.2) is 0 Å². The van der Waals surface area contributed by atoms with Crippen molar-refractivity contribution in [3.8, 4) is 11.5 Å². The molecule has 192 valence electrons. The van der Waals surface area contributed by atoms with Crippen LogP contribution in [0.4, 0.5) is 11.4 Å². The summed E-state index contributed by atoms with van der Waals surface area (Å²) in [4.78, 5) is -1.24. The van der Waals surface area contributed by atoms with E-state index in [2.05, 4.69) is 10.6 Å². The lowest BCUT2D eigenvalue weighted by atomic mass is 9.81. The van der Waals surface area contributed by atoms with Gasteiger partial charge in [-0.25, -0.2) is 0 Å². The maximum absolute atomic E-state index is 12.4. The Labute approximate surface area is 211 Å². The van der Waals surface area contributed by atoms with E-state index in [1.54, 1.807) is 0 Å². The van der Waals surface area contributed by atoms with E-state index in [-0.39, 0.29) is 5.56 Å². The molecule has 3 aromatic rings. The van der Waals surface area contributed by atoms with E-state index in [9.17, 15) is 25.9 Å². The first-order chi connectivity index (χ1) is 16.8. The maximum Gasteiger partial charge on any atom is 0.294 e. The van der Waals surface area contributed by atoms with E-state index in [0.717, 1.165) is 34.6 Å². The molecule has 0 bridgehead atoms. The summed E-state index contributed by atoms with van der Waals surface area (Å²) >= 11 is 0. The number of benzene rings is 3. The molecule has 4 rings (SSSR count). The van der Waals surface area contributed by atoms with E-state index in [1.807, 2.05) is 52.0 Å². The van der Waals surface area contributed by atoms with Crippen LogP contribution in [0.5, 0.6) is 11.5 Å². The minimum atomic E-state index is -4.87. The largest absolute Gasteiger partial charge is 0.457 e. The van der Waals surface area contributed by atoms with Crippen LogP contribution in [0, 0.1) is 13.8 Å². The Morgan fingerprint density at radius 3 is 1.67 bits per heavy atom. The van der Waals surface area contributed by atoms with Gasteiger partial charge in [0, 0.05) is 53.6 Å². The van der Waals surface area contributed by atoms with E-state index in [4.69, 9.17) is 4.74 Å². The third kappa shape index (κ3) is 4.79. The molecule has 0 spiro atoms. The number of rotatable bonds is 7. The Bertz CT molecular complexity index is 1500. The molecular weight excluding hydrogens is 504 g/mol. The quantitative estimate of drug-likeness (QED) is 0.243. The summed E-state index contributed by atoms with van der Waals surface area (Å²) in [5.74, 6) is 0.292. The second-order valence-corrected chi connectivity index (χ2v) is 11.5. The predicted molar refractivity (Wildman–Crippen MR) is 138 cm³/mol. The molecule has 3 aromatic carbocycles. The van der Waals surface area contributed by atoms with Gasteiger partial charge in [-0.15, -0.1) is 0 Å². The third-order valence-corrected chi connectivity index (χ3v) is 7.92. The van der Waals surface area contributed by atoms with E-state index in [1.165, 1.54) is 6.07 Å². The fraction of sp³-hybridized carbons (Fsp3) is 0.280. The van der Waals surface area contributed by atoms with Crippen molar-refractivity contribution in [3.05, 3.63) is 70.3 Å². The highest BCUT2D eigenvalue weighted by Crippen LogP contribution is 2.51. The lowest BCUT2D eigenvalue weighted by Gasteiger charge is -2.31. The fourth-order valence-electron chi connectivity index (χ4n) is 4.57. The minimum absolute atomic E-state index is 0.155. The van der Waals surface area contributed by atoms with Gasteiger partial charge in [-0.2, -0.15) is 16.8 Å². The topological polar surface area (TPSA) is 142 Å². The van der Waals surface area contributed by atoms with Crippen molar-refractivity contribution < 1.29 is 30.7 Å². The number of aryl methyl sites for hydroxylation is 2. The molecule has 0 saturated heterocycles. The van der Waals surface area contributed by atoms with Crippen molar-refractivity contribution in [2.45, 2.75) is 43.4 Å². The number of hydrogen-bond acceptors (Lipinski definition) is 7. The van der Waals surface area contributed by atoms with Crippen LogP contribution >= 0.6 is 0 Å².